The molecule has 8 nitrogen and oxygen atoms in total. The second kappa shape index (κ2) is 7.16. The van der Waals surface area contributed by atoms with Gasteiger partial charge in [0.2, 0.25) is 10.0 Å². The Balaban J connectivity index is 3.10. The molecule has 0 heterocycles. The molecule has 0 aromatic heterocycles. The molecule has 1 atom stereocenters. The van der Waals surface area contributed by atoms with Crippen molar-refractivity contribution in [3.63, 3.8) is 0 Å². The van der Waals surface area contributed by atoms with Crippen LogP contribution in [-0.4, -0.2) is 30.5 Å². The minimum Gasteiger partial charge on any atom is -0.480 e. The van der Waals surface area contributed by atoms with Crippen LogP contribution in [0.2, 0.25) is 0 Å². The van der Waals surface area contributed by atoms with Crippen molar-refractivity contribution in [3.05, 3.63) is 32.8 Å². The average Bonchev–Trinajstić information content (AvgIpc) is 2.36. The molecule has 122 valence electrons. The number of benzene rings is 1. The lowest BCUT2D eigenvalue weighted by atomic mass is 10.1. The van der Waals surface area contributed by atoms with Crippen LogP contribution in [-0.2, 0) is 14.8 Å². The number of hydrogen-bond acceptors (Lipinski definition) is 5. The summed E-state index contributed by atoms with van der Waals surface area (Å²) in [5, 5.41) is 19.8. The Morgan fingerprint density at radius 1 is 1.45 bits per heavy atom. The topological polar surface area (TPSA) is 127 Å². The molecule has 1 rings (SSSR count). The van der Waals surface area contributed by atoms with Gasteiger partial charge in [-0.15, -0.1) is 0 Å². The highest BCUT2D eigenvalue weighted by molar-refractivity contribution is 9.10. The van der Waals surface area contributed by atoms with Gasteiger partial charge in [0, 0.05) is 6.07 Å². The van der Waals surface area contributed by atoms with E-state index in [-0.39, 0.29) is 27.4 Å². The van der Waals surface area contributed by atoms with Crippen LogP contribution < -0.4 is 4.72 Å². The number of carbonyl (C=O) groups is 1. The van der Waals surface area contributed by atoms with Crippen molar-refractivity contribution in [2.75, 3.05) is 0 Å². The molecule has 0 unspecified atom stereocenters. The maximum Gasteiger partial charge on any atom is 0.321 e. The van der Waals surface area contributed by atoms with Crippen LogP contribution in [0.4, 0.5) is 5.69 Å². The highest BCUT2D eigenvalue weighted by atomic mass is 79.9. The standard InChI is InChI=1S/C12H15BrN2O6S/c1-7(2)5-10(12(16)17)14-22(20,21)8-3-4-11(15(18)19)9(13)6-8/h3-4,6-7,10,14H,5H2,1-2H3,(H,16,17)/t10-/m1/s1. The minimum absolute atomic E-state index is 0.00360. The van der Waals surface area contributed by atoms with Crippen molar-refractivity contribution < 1.29 is 23.2 Å². The van der Waals surface area contributed by atoms with E-state index in [4.69, 9.17) is 5.11 Å². The number of aliphatic carboxylic acids is 1. The molecule has 1 aromatic rings. The van der Waals surface area contributed by atoms with E-state index in [9.17, 15) is 23.3 Å². The zero-order valence-electron chi connectivity index (χ0n) is 11.8. The summed E-state index contributed by atoms with van der Waals surface area (Å²) in [6.07, 6.45) is 0.128. The summed E-state index contributed by atoms with van der Waals surface area (Å²) < 4.78 is 26.5. The van der Waals surface area contributed by atoms with Crippen LogP contribution >= 0.6 is 15.9 Å². The first-order valence-corrected chi connectivity index (χ1v) is 8.51. The Hall–Kier alpha value is -1.52. The molecule has 0 fully saturated rings. The quantitative estimate of drug-likeness (QED) is 0.538. The van der Waals surface area contributed by atoms with E-state index in [2.05, 4.69) is 20.7 Å². The molecular weight excluding hydrogens is 380 g/mol. The Bertz CT molecular complexity index is 689. The third-order valence-electron chi connectivity index (χ3n) is 2.73. The molecule has 0 amide bonds. The van der Waals surface area contributed by atoms with E-state index >= 15 is 0 Å². The molecule has 0 saturated heterocycles. The van der Waals surface area contributed by atoms with Gasteiger partial charge in [0.15, 0.2) is 0 Å². The third-order valence-corrected chi connectivity index (χ3v) is 4.83. The number of rotatable bonds is 7. The van der Waals surface area contributed by atoms with Gasteiger partial charge in [-0.2, -0.15) is 4.72 Å². The molecule has 0 aliphatic rings. The molecule has 0 aliphatic carbocycles. The van der Waals surface area contributed by atoms with Crippen molar-refractivity contribution in [1.29, 1.82) is 0 Å². The van der Waals surface area contributed by atoms with E-state index < -0.39 is 27.0 Å². The number of halogens is 1. The monoisotopic (exact) mass is 394 g/mol. The van der Waals surface area contributed by atoms with Gasteiger partial charge in [-0.1, -0.05) is 13.8 Å². The van der Waals surface area contributed by atoms with Crippen molar-refractivity contribution in [1.82, 2.24) is 4.72 Å². The number of carboxylic acid groups (broad SMARTS) is 1. The molecular formula is C12H15BrN2O6S. The minimum atomic E-state index is -4.10. The summed E-state index contributed by atoms with van der Waals surface area (Å²) in [4.78, 5) is 20.9. The lowest BCUT2D eigenvalue weighted by Gasteiger charge is -2.16. The second-order valence-corrected chi connectivity index (χ2v) is 7.58. The van der Waals surface area contributed by atoms with Crippen LogP contribution in [0.1, 0.15) is 20.3 Å². The van der Waals surface area contributed by atoms with Gasteiger partial charge in [0.05, 0.1) is 14.3 Å². The summed E-state index contributed by atoms with van der Waals surface area (Å²) >= 11 is 2.93. The van der Waals surface area contributed by atoms with Crippen LogP contribution in [0.25, 0.3) is 0 Å². The van der Waals surface area contributed by atoms with Gasteiger partial charge in [-0.3, -0.25) is 14.9 Å². The van der Waals surface area contributed by atoms with Crippen molar-refractivity contribution >= 4 is 37.6 Å². The largest absolute Gasteiger partial charge is 0.480 e. The maximum atomic E-state index is 12.2. The van der Waals surface area contributed by atoms with Gasteiger partial charge in [-0.05, 0) is 40.4 Å². The molecule has 0 saturated carbocycles. The third kappa shape index (κ3) is 4.75. The van der Waals surface area contributed by atoms with Gasteiger partial charge in [0.25, 0.3) is 5.69 Å². The van der Waals surface area contributed by atoms with Crippen LogP contribution in [0.15, 0.2) is 27.6 Å². The van der Waals surface area contributed by atoms with Gasteiger partial charge in [0.1, 0.15) is 6.04 Å². The molecule has 22 heavy (non-hydrogen) atoms. The first kappa shape index (κ1) is 18.5. The van der Waals surface area contributed by atoms with Crippen molar-refractivity contribution in [3.8, 4) is 0 Å². The number of nitro benzene ring substituents is 1. The van der Waals surface area contributed by atoms with Gasteiger partial charge in [-0.25, -0.2) is 8.42 Å². The van der Waals surface area contributed by atoms with E-state index in [1.165, 1.54) is 0 Å². The van der Waals surface area contributed by atoms with E-state index in [1.807, 2.05) is 0 Å². The molecule has 0 aliphatic heterocycles. The number of nitro groups is 1. The number of nitrogens with zero attached hydrogens (tertiary/aromatic N) is 1. The predicted octanol–water partition coefficient (Wildman–Crippen LogP) is 2.13. The Labute approximate surface area is 135 Å². The Morgan fingerprint density at radius 3 is 2.45 bits per heavy atom. The molecule has 0 spiro atoms. The predicted molar refractivity (Wildman–Crippen MR) is 82.0 cm³/mol. The summed E-state index contributed by atoms with van der Waals surface area (Å²) in [5.41, 5.74) is -0.282. The fourth-order valence-electron chi connectivity index (χ4n) is 1.73. The maximum absolute atomic E-state index is 12.2. The molecule has 0 radical (unpaired) electrons. The summed E-state index contributed by atoms with van der Waals surface area (Å²) in [6.45, 7) is 3.54. The molecule has 2 N–H and O–H groups in total. The number of hydrogen-bond donors (Lipinski definition) is 2. The normalized spacial score (nSPS) is 13.1. The summed E-state index contributed by atoms with van der Waals surface area (Å²) in [6, 6.07) is 1.89. The van der Waals surface area contributed by atoms with E-state index in [0.29, 0.717) is 0 Å². The highest BCUT2D eigenvalue weighted by Gasteiger charge is 2.27. The molecule has 0 bridgehead atoms. The van der Waals surface area contributed by atoms with Crippen LogP contribution in [0, 0.1) is 16.0 Å². The first-order valence-electron chi connectivity index (χ1n) is 6.23. The summed E-state index contributed by atoms with van der Waals surface area (Å²) in [5.74, 6) is -1.30. The number of nitrogens with one attached hydrogen (secondary N) is 1. The van der Waals surface area contributed by atoms with Crippen molar-refractivity contribution in [2.24, 2.45) is 5.92 Å². The lowest BCUT2D eigenvalue weighted by Crippen LogP contribution is -2.41. The Kier molecular flexibility index (Phi) is 6.03. The average molecular weight is 395 g/mol. The second-order valence-electron chi connectivity index (χ2n) is 5.01. The number of carboxylic acids is 1. The van der Waals surface area contributed by atoms with E-state index in [0.717, 1.165) is 18.2 Å². The van der Waals surface area contributed by atoms with E-state index in [1.54, 1.807) is 13.8 Å². The summed E-state index contributed by atoms with van der Waals surface area (Å²) in [7, 11) is -4.10. The number of sulfonamides is 1. The molecule has 1 aromatic carbocycles. The fourth-order valence-corrected chi connectivity index (χ4v) is 3.63. The van der Waals surface area contributed by atoms with Gasteiger partial charge >= 0.3 is 5.97 Å². The zero-order chi connectivity index (χ0) is 17.1. The zero-order valence-corrected chi connectivity index (χ0v) is 14.2. The van der Waals surface area contributed by atoms with Crippen molar-refractivity contribution in [2.45, 2.75) is 31.2 Å². The van der Waals surface area contributed by atoms with Crippen LogP contribution in [0.5, 0.6) is 0 Å². The molecule has 10 heteroatoms. The fraction of sp³-hybridized carbons (Fsp3) is 0.417. The first-order chi connectivity index (χ1) is 10.0. The van der Waals surface area contributed by atoms with Gasteiger partial charge < -0.3 is 5.11 Å². The smallest absolute Gasteiger partial charge is 0.321 e. The SMILES string of the molecule is CC(C)C[C@@H](NS(=O)(=O)c1ccc([N+](=O)[O-])c(Br)c1)C(=O)O. The highest BCUT2D eigenvalue weighted by Crippen LogP contribution is 2.27. The lowest BCUT2D eigenvalue weighted by molar-refractivity contribution is -0.385. The van der Waals surface area contributed by atoms with Crippen LogP contribution in [0.3, 0.4) is 0 Å². The Morgan fingerprint density at radius 2 is 2.05 bits per heavy atom.